The minimum atomic E-state index is -0.515. The minimum Gasteiger partial charge on any atom is -0.462 e. The zero-order valence-electron chi connectivity index (χ0n) is 12.8. The average Bonchev–Trinajstić information content (AvgIpc) is 2.56. The van der Waals surface area contributed by atoms with Crippen LogP contribution >= 0.6 is 0 Å². The summed E-state index contributed by atoms with van der Waals surface area (Å²) in [4.78, 5) is 31.8. The van der Waals surface area contributed by atoms with Crippen LogP contribution < -0.4 is 10.6 Å². The summed E-state index contributed by atoms with van der Waals surface area (Å²) in [5.41, 5.74) is 0.674. The molecule has 2 aromatic rings. The smallest absolute Gasteiger partial charge is 0.340 e. The largest absolute Gasteiger partial charge is 0.462 e. The maximum atomic E-state index is 12.1. The van der Waals surface area contributed by atoms with Crippen LogP contribution in [-0.4, -0.2) is 28.6 Å². The molecule has 0 atom stereocenters. The van der Waals surface area contributed by atoms with Crippen LogP contribution in [0, 0.1) is 0 Å². The highest BCUT2D eigenvalue weighted by atomic mass is 16.5. The van der Waals surface area contributed by atoms with Crippen molar-refractivity contribution in [2.45, 2.75) is 19.8 Å². The molecule has 0 radical (unpaired) electrons. The van der Waals surface area contributed by atoms with E-state index < -0.39 is 12.0 Å². The molecule has 0 aliphatic heterocycles. The molecule has 1 aromatic heterocycles. The van der Waals surface area contributed by atoms with Gasteiger partial charge in [-0.15, -0.1) is 0 Å². The number of carbonyl (C=O) groups is 2. The number of benzene rings is 1. The summed E-state index contributed by atoms with van der Waals surface area (Å²) in [6.07, 6.45) is 6.13. The van der Waals surface area contributed by atoms with E-state index in [0.717, 1.165) is 12.8 Å². The van der Waals surface area contributed by atoms with Crippen molar-refractivity contribution in [2.24, 2.45) is 0 Å². The van der Waals surface area contributed by atoms with E-state index in [-0.39, 0.29) is 0 Å². The Bertz CT molecular complexity index is 661. The Morgan fingerprint density at radius 2 is 2.00 bits per heavy atom. The van der Waals surface area contributed by atoms with E-state index in [1.165, 1.54) is 18.6 Å². The van der Waals surface area contributed by atoms with E-state index in [4.69, 9.17) is 4.74 Å². The van der Waals surface area contributed by atoms with Crippen LogP contribution in [0.5, 0.6) is 0 Å². The molecule has 0 aliphatic carbocycles. The molecule has 0 aliphatic rings. The summed E-state index contributed by atoms with van der Waals surface area (Å²) in [7, 11) is 0. The van der Waals surface area contributed by atoms with E-state index in [0.29, 0.717) is 23.7 Å². The standard InChI is InChI=1S/C16H18N4O3/c1-2-3-10-23-15(21)12-6-4-5-7-13(12)19-16(22)20-14-11-17-8-9-18-14/h4-9,11H,2-3,10H2,1H3,(H2,18,19,20,22). The normalized spacial score (nSPS) is 9.96. The lowest BCUT2D eigenvalue weighted by molar-refractivity contribution is 0.0501. The van der Waals surface area contributed by atoms with Crippen molar-refractivity contribution < 1.29 is 14.3 Å². The van der Waals surface area contributed by atoms with Crippen molar-refractivity contribution in [3.05, 3.63) is 48.4 Å². The number of unbranched alkanes of at least 4 members (excludes halogenated alkanes) is 1. The fraction of sp³-hybridized carbons (Fsp3) is 0.250. The number of hydrogen-bond acceptors (Lipinski definition) is 5. The molecule has 1 heterocycles. The third-order valence-corrected chi connectivity index (χ3v) is 2.93. The van der Waals surface area contributed by atoms with Crippen LogP contribution in [0.2, 0.25) is 0 Å². The Labute approximate surface area is 134 Å². The maximum Gasteiger partial charge on any atom is 0.340 e. The Kier molecular flexibility index (Phi) is 6.05. The Morgan fingerprint density at radius 1 is 1.17 bits per heavy atom. The topological polar surface area (TPSA) is 93.2 Å². The molecule has 7 nitrogen and oxygen atoms in total. The minimum absolute atomic E-state index is 0.304. The second-order valence-electron chi connectivity index (χ2n) is 4.70. The van der Waals surface area contributed by atoms with Crippen LogP contribution in [0.15, 0.2) is 42.9 Å². The van der Waals surface area contributed by atoms with E-state index >= 15 is 0 Å². The number of urea groups is 1. The first-order valence-electron chi connectivity index (χ1n) is 7.31. The average molecular weight is 314 g/mol. The summed E-state index contributed by atoms with van der Waals surface area (Å²) in [5.74, 6) is -0.151. The molecular weight excluding hydrogens is 296 g/mol. The summed E-state index contributed by atoms with van der Waals surface area (Å²) in [6.45, 7) is 2.37. The van der Waals surface area contributed by atoms with Crippen molar-refractivity contribution in [3.63, 3.8) is 0 Å². The fourth-order valence-electron chi connectivity index (χ4n) is 1.79. The van der Waals surface area contributed by atoms with Gasteiger partial charge in [0.05, 0.1) is 24.1 Å². The number of rotatable bonds is 6. The highest BCUT2D eigenvalue weighted by Crippen LogP contribution is 2.16. The predicted molar refractivity (Wildman–Crippen MR) is 86.3 cm³/mol. The number of para-hydroxylation sites is 1. The van der Waals surface area contributed by atoms with Crippen molar-refractivity contribution in [1.82, 2.24) is 9.97 Å². The number of amides is 2. The monoisotopic (exact) mass is 314 g/mol. The molecule has 0 spiro atoms. The van der Waals surface area contributed by atoms with Crippen molar-refractivity contribution in [1.29, 1.82) is 0 Å². The molecule has 0 fully saturated rings. The molecule has 2 rings (SSSR count). The number of anilines is 2. The van der Waals surface area contributed by atoms with Gasteiger partial charge in [-0.3, -0.25) is 10.3 Å². The second-order valence-corrected chi connectivity index (χ2v) is 4.70. The molecule has 0 unspecified atom stereocenters. The van der Waals surface area contributed by atoms with Crippen molar-refractivity contribution in [3.8, 4) is 0 Å². The Hall–Kier alpha value is -2.96. The molecule has 0 saturated heterocycles. The summed E-state index contributed by atoms with van der Waals surface area (Å²) >= 11 is 0. The van der Waals surface area contributed by atoms with Crippen LogP contribution in [-0.2, 0) is 4.74 Å². The number of hydrogen-bond donors (Lipinski definition) is 2. The zero-order chi connectivity index (χ0) is 16.5. The number of aromatic nitrogens is 2. The van der Waals surface area contributed by atoms with Gasteiger partial charge in [-0.25, -0.2) is 14.6 Å². The number of carbonyl (C=O) groups excluding carboxylic acids is 2. The third kappa shape index (κ3) is 5.06. The van der Waals surface area contributed by atoms with E-state index in [1.807, 2.05) is 6.92 Å². The molecule has 120 valence electrons. The fourth-order valence-corrected chi connectivity index (χ4v) is 1.79. The van der Waals surface area contributed by atoms with Crippen LogP contribution in [0.25, 0.3) is 0 Å². The van der Waals surface area contributed by atoms with Gasteiger partial charge in [-0.2, -0.15) is 0 Å². The van der Waals surface area contributed by atoms with Crippen LogP contribution in [0.4, 0.5) is 16.3 Å². The number of nitrogens with zero attached hydrogens (tertiary/aromatic N) is 2. The number of esters is 1. The van der Waals surface area contributed by atoms with E-state index in [2.05, 4.69) is 20.6 Å². The lowest BCUT2D eigenvalue weighted by atomic mass is 10.2. The molecule has 2 N–H and O–H groups in total. The quantitative estimate of drug-likeness (QED) is 0.631. The molecule has 1 aromatic carbocycles. The lowest BCUT2D eigenvalue weighted by Gasteiger charge is -2.11. The number of ether oxygens (including phenoxy) is 1. The first-order chi connectivity index (χ1) is 11.2. The van der Waals surface area contributed by atoms with E-state index in [9.17, 15) is 9.59 Å². The molecule has 0 bridgehead atoms. The van der Waals surface area contributed by atoms with Gasteiger partial charge in [-0.05, 0) is 18.6 Å². The van der Waals surface area contributed by atoms with Gasteiger partial charge < -0.3 is 10.1 Å². The zero-order valence-corrected chi connectivity index (χ0v) is 12.8. The molecule has 0 saturated carbocycles. The first-order valence-corrected chi connectivity index (χ1v) is 7.31. The Morgan fingerprint density at radius 3 is 2.74 bits per heavy atom. The summed E-state index contributed by atoms with van der Waals surface area (Å²) in [6, 6.07) is 6.15. The highest BCUT2D eigenvalue weighted by Gasteiger charge is 2.14. The van der Waals surface area contributed by atoms with Gasteiger partial charge in [-0.1, -0.05) is 25.5 Å². The molecule has 7 heteroatoms. The van der Waals surface area contributed by atoms with Crippen molar-refractivity contribution in [2.75, 3.05) is 17.2 Å². The SMILES string of the molecule is CCCCOC(=O)c1ccccc1NC(=O)Nc1cnccn1. The maximum absolute atomic E-state index is 12.1. The van der Waals surface area contributed by atoms with Crippen LogP contribution in [0.3, 0.4) is 0 Å². The first kappa shape index (κ1) is 16.4. The van der Waals surface area contributed by atoms with Gasteiger partial charge in [0.1, 0.15) is 0 Å². The van der Waals surface area contributed by atoms with Crippen molar-refractivity contribution >= 4 is 23.5 Å². The molecule has 2 amide bonds. The third-order valence-electron chi connectivity index (χ3n) is 2.93. The predicted octanol–water partition coefficient (Wildman–Crippen LogP) is 3.08. The summed E-state index contributed by atoms with van der Waals surface area (Å²) in [5, 5.41) is 5.14. The summed E-state index contributed by atoms with van der Waals surface area (Å²) < 4.78 is 5.18. The van der Waals surface area contributed by atoms with Gasteiger partial charge in [0.25, 0.3) is 0 Å². The van der Waals surface area contributed by atoms with Gasteiger partial charge in [0.15, 0.2) is 5.82 Å². The molecular formula is C16H18N4O3. The number of nitrogens with one attached hydrogen (secondary N) is 2. The van der Waals surface area contributed by atoms with Crippen LogP contribution in [0.1, 0.15) is 30.1 Å². The molecule has 23 heavy (non-hydrogen) atoms. The van der Waals surface area contributed by atoms with Gasteiger partial charge in [0.2, 0.25) is 0 Å². The Balaban J connectivity index is 2.02. The lowest BCUT2D eigenvalue weighted by Crippen LogP contribution is -2.22. The second kappa shape index (κ2) is 8.47. The van der Waals surface area contributed by atoms with Gasteiger partial charge >= 0.3 is 12.0 Å². The highest BCUT2D eigenvalue weighted by molar-refractivity contribution is 6.04. The van der Waals surface area contributed by atoms with E-state index in [1.54, 1.807) is 24.3 Å². The van der Waals surface area contributed by atoms with Gasteiger partial charge in [0, 0.05) is 12.4 Å².